The second-order valence-corrected chi connectivity index (χ2v) is 10.1. The third-order valence-corrected chi connectivity index (χ3v) is 5.39. The van der Waals surface area contributed by atoms with Crippen molar-refractivity contribution >= 4 is 0 Å². The maximum Gasteiger partial charge on any atom is 2.00 e. The summed E-state index contributed by atoms with van der Waals surface area (Å²) < 4.78 is 0. The molecule has 4 heterocycles. The molecule has 0 aromatic carbocycles. The molecular weight excluding hydrogens is 605 g/mol. The van der Waals surface area contributed by atoms with Crippen molar-refractivity contribution in [1.82, 2.24) is 35.3 Å². The first-order valence-corrected chi connectivity index (χ1v) is 11.2. The zero-order chi connectivity index (χ0) is 24.2. The van der Waals surface area contributed by atoms with Crippen LogP contribution in [0, 0.1) is 6.92 Å². The molecule has 182 valence electrons. The maximum atomic E-state index is 4.65. The molecule has 0 atom stereocenters. The summed E-state index contributed by atoms with van der Waals surface area (Å²) in [4.78, 5) is 12.9. The monoisotopic (exact) mass is 638 g/mol. The number of aryl methyl sites for hydroxylation is 1. The Hall–Kier alpha value is -2.66. The smallest absolute Gasteiger partial charge is 0.573 e. The van der Waals surface area contributed by atoms with Crippen LogP contribution in [0.3, 0.4) is 0 Å². The van der Waals surface area contributed by atoms with Crippen LogP contribution in [0.1, 0.15) is 71.0 Å². The average Bonchev–Trinajstić information content (AvgIpc) is 3.41. The molecule has 8 heteroatoms. The molecule has 34 heavy (non-hydrogen) atoms. The molecular formula is C26H33N7Pt. The second kappa shape index (κ2) is 11.2. The van der Waals surface area contributed by atoms with Crippen LogP contribution in [-0.4, -0.2) is 25.1 Å². The summed E-state index contributed by atoms with van der Waals surface area (Å²) in [7, 11) is 0. The van der Waals surface area contributed by atoms with Gasteiger partial charge in [-0.15, -0.1) is 0 Å². The number of hydrogen-bond acceptors (Lipinski definition) is 5. The first-order chi connectivity index (χ1) is 15.5. The Kier molecular flexibility index (Phi) is 9.07. The largest absolute Gasteiger partial charge is 2.00 e. The molecule has 0 amide bonds. The van der Waals surface area contributed by atoms with Crippen LogP contribution in [0.25, 0.3) is 22.8 Å². The molecule has 4 aromatic heterocycles. The van der Waals surface area contributed by atoms with Crippen molar-refractivity contribution < 1.29 is 21.1 Å². The van der Waals surface area contributed by atoms with Gasteiger partial charge in [0.25, 0.3) is 0 Å². The number of rotatable bonds is 3. The normalized spacial score (nSPS) is 11.4. The second-order valence-electron chi connectivity index (χ2n) is 10.1. The van der Waals surface area contributed by atoms with Gasteiger partial charge >= 0.3 is 21.1 Å². The van der Waals surface area contributed by atoms with Gasteiger partial charge in [0.05, 0.1) is 23.8 Å². The van der Waals surface area contributed by atoms with E-state index in [2.05, 4.69) is 95.9 Å². The predicted molar refractivity (Wildman–Crippen MR) is 131 cm³/mol. The van der Waals surface area contributed by atoms with Crippen molar-refractivity contribution in [3.8, 4) is 22.8 Å². The van der Waals surface area contributed by atoms with Crippen LogP contribution in [0.15, 0.2) is 43.0 Å². The Morgan fingerprint density at radius 1 is 0.824 bits per heavy atom. The van der Waals surface area contributed by atoms with Crippen molar-refractivity contribution in [2.45, 2.75) is 72.6 Å². The molecule has 0 aliphatic heterocycles. The van der Waals surface area contributed by atoms with E-state index < -0.39 is 0 Å². The van der Waals surface area contributed by atoms with Gasteiger partial charge in [0.15, 0.2) is 0 Å². The van der Waals surface area contributed by atoms with Crippen molar-refractivity contribution in [2.75, 3.05) is 0 Å². The van der Waals surface area contributed by atoms with Gasteiger partial charge in [0.1, 0.15) is 0 Å². The van der Waals surface area contributed by atoms with E-state index in [1.165, 1.54) is 5.56 Å². The van der Waals surface area contributed by atoms with Gasteiger partial charge in [-0.05, 0) is 42.0 Å². The predicted octanol–water partition coefficient (Wildman–Crippen LogP) is 5.06. The van der Waals surface area contributed by atoms with E-state index in [9.17, 15) is 0 Å². The fourth-order valence-corrected chi connectivity index (χ4v) is 3.22. The molecule has 4 aromatic rings. The molecule has 0 saturated carbocycles. The van der Waals surface area contributed by atoms with Gasteiger partial charge in [0.2, 0.25) is 0 Å². The molecule has 0 saturated heterocycles. The van der Waals surface area contributed by atoms with Crippen LogP contribution in [0.2, 0.25) is 0 Å². The summed E-state index contributed by atoms with van der Waals surface area (Å²) in [6.45, 7) is 17.0. The minimum atomic E-state index is -0.0416. The van der Waals surface area contributed by atoms with Crippen LogP contribution in [0.5, 0.6) is 0 Å². The zero-order valence-electron chi connectivity index (χ0n) is 21.2. The molecule has 0 fully saturated rings. The minimum Gasteiger partial charge on any atom is -0.573 e. The van der Waals surface area contributed by atoms with E-state index in [0.29, 0.717) is 11.4 Å². The molecule has 7 nitrogen and oxygen atoms in total. The standard InChI is InChI=1S/C17H20N6.C9H13N.Pt/c1-6-11-10(2)16(23-20-11)14-9-18-8-13(19-14)12-7-15(22-21-12)17(3,4)5;1-9(2,3)8-4-6-10-7-5-8;/h7-9H,6H2,1-5H3;4-7H,1-3H3;/q-2;;+2. The van der Waals surface area contributed by atoms with Gasteiger partial charge in [-0.1, -0.05) is 65.9 Å². The Morgan fingerprint density at radius 3 is 1.97 bits per heavy atom. The topological polar surface area (TPSA) is 92.6 Å². The van der Waals surface area contributed by atoms with Gasteiger partial charge in [-0.3, -0.25) is 9.97 Å². The third kappa shape index (κ3) is 6.69. The van der Waals surface area contributed by atoms with Gasteiger partial charge in [0, 0.05) is 29.2 Å². The average molecular weight is 639 g/mol. The van der Waals surface area contributed by atoms with E-state index in [0.717, 1.165) is 34.8 Å². The summed E-state index contributed by atoms with van der Waals surface area (Å²) in [6, 6.07) is 6.08. The van der Waals surface area contributed by atoms with Crippen molar-refractivity contribution in [2.24, 2.45) is 0 Å². The van der Waals surface area contributed by atoms with E-state index in [-0.39, 0.29) is 31.9 Å². The van der Waals surface area contributed by atoms with E-state index in [1.807, 2.05) is 25.4 Å². The van der Waals surface area contributed by atoms with E-state index >= 15 is 0 Å². The number of hydrogen-bond donors (Lipinski definition) is 0. The molecule has 0 radical (unpaired) electrons. The molecule has 0 N–H and O–H groups in total. The number of pyridine rings is 1. The summed E-state index contributed by atoms with van der Waals surface area (Å²) >= 11 is 0. The summed E-state index contributed by atoms with van der Waals surface area (Å²) in [5.41, 5.74) is 7.48. The molecule has 4 rings (SSSR count). The van der Waals surface area contributed by atoms with Crippen LogP contribution in [-0.2, 0) is 38.3 Å². The Balaban J connectivity index is 0.000000314. The van der Waals surface area contributed by atoms with Crippen molar-refractivity contribution in [3.63, 3.8) is 0 Å². The van der Waals surface area contributed by atoms with Gasteiger partial charge in [-0.2, -0.15) is 0 Å². The molecule has 0 aliphatic rings. The third-order valence-electron chi connectivity index (χ3n) is 5.39. The van der Waals surface area contributed by atoms with E-state index in [4.69, 9.17) is 0 Å². The quantitative estimate of drug-likeness (QED) is 0.310. The van der Waals surface area contributed by atoms with Gasteiger partial charge in [-0.25, -0.2) is 4.98 Å². The fourth-order valence-electron chi connectivity index (χ4n) is 3.22. The summed E-state index contributed by atoms with van der Waals surface area (Å²) in [5.74, 6) is 0. The SMILES string of the molecule is CC(C)(C)c1ccncc1.CCc1n[n-]c(-c2cncc(-c3cc(C(C)(C)C)n[n-]3)n2)c1C.[Pt+2]. The molecule has 0 aliphatic carbocycles. The fraction of sp³-hybridized carbons (Fsp3) is 0.423. The van der Waals surface area contributed by atoms with Crippen LogP contribution >= 0.6 is 0 Å². The first kappa shape index (κ1) is 27.6. The summed E-state index contributed by atoms with van der Waals surface area (Å²) in [5, 5.41) is 16.9. The van der Waals surface area contributed by atoms with Crippen LogP contribution < -0.4 is 10.2 Å². The Morgan fingerprint density at radius 2 is 1.47 bits per heavy atom. The number of aromatic nitrogens is 7. The van der Waals surface area contributed by atoms with Crippen molar-refractivity contribution in [1.29, 1.82) is 0 Å². The van der Waals surface area contributed by atoms with Gasteiger partial charge < -0.3 is 20.4 Å². The first-order valence-electron chi connectivity index (χ1n) is 11.2. The maximum absolute atomic E-state index is 4.65. The van der Waals surface area contributed by atoms with Crippen LogP contribution in [0.4, 0.5) is 0 Å². The zero-order valence-corrected chi connectivity index (χ0v) is 23.5. The molecule has 0 bridgehead atoms. The number of nitrogens with zero attached hydrogens (tertiary/aromatic N) is 7. The molecule has 0 spiro atoms. The summed E-state index contributed by atoms with van der Waals surface area (Å²) in [6.07, 6.45) is 7.93. The Bertz CT molecular complexity index is 1180. The van der Waals surface area contributed by atoms with E-state index in [1.54, 1.807) is 12.4 Å². The Labute approximate surface area is 216 Å². The minimum absolute atomic E-state index is 0. The van der Waals surface area contributed by atoms with Crippen molar-refractivity contribution in [3.05, 3.63) is 65.5 Å². The molecule has 0 unspecified atom stereocenters.